The van der Waals surface area contributed by atoms with E-state index in [4.69, 9.17) is 5.26 Å². The maximum atomic E-state index is 8.84. The van der Waals surface area contributed by atoms with E-state index < -0.39 is 0 Å². The van der Waals surface area contributed by atoms with E-state index in [2.05, 4.69) is 12.6 Å². The molecule has 1 aromatic carbocycles. The Morgan fingerprint density at radius 1 is 1.42 bits per heavy atom. The van der Waals surface area contributed by atoms with Gasteiger partial charge in [0.25, 0.3) is 0 Å². The van der Waals surface area contributed by atoms with Crippen LogP contribution in [0.1, 0.15) is 18.4 Å². The van der Waals surface area contributed by atoms with E-state index in [-0.39, 0.29) is 5.92 Å². The van der Waals surface area contributed by atoms with Crippen molar-refractivity contribution >= 4 is 0 Å². The Morgan fingerprint density at radius 2 is 2.00 bits per heavy atom. The van der Waals surface area contributed by atoms with E-state index in [1.807, 2.05) is 37.3 Å². The van der Waals surface area contributed by atoms with Crippen LogP contribution in [0.2, 0.25) is 0 Å². The number of hydrogen-bond acceptors (Lipinski definition) is 1. The summed E-state index contributed by atoms with van der Waals surface area (Å²) >= 11 is 0. The predicted molar refractivity (Wildman–Crippen MR) is 49.6 cm³/mol. The maximum Gasteiger partial charge on any atom is 0.0917 e. The summed E-state index contributed by atoms with van der Waals surface area (Å²) in [5.74, 6) is -0.161. The van der Waals surface area contributed by atoms with Crippen molar-refractivity contribution in [2.45, 2.75) is 12.8 Å². The molecule has 0 saturated carbocycles. The molecule has 0 radical (unpaired) electrons. The van der Waals surface area contributed by atoms with E-state index in [9.17, 15) is 0 Å². The van der Waals surface area contributed by atoms with Gasteiger partial charge in [0.05, 0.1) is 12.0 Å². The molecule has 0 aromatic heterocycles. The molecule has 0 heterocycles. The van der Waals surface area contributed by atoms with Crippen LogP contribution in [0, 0.1) is 11.3 Å². The first-order chi connectivity index (χ1) is 5.75. The summed E-state index contributed by atoms with van der Waals surface area (Å²) in [5, 5.41) is 8.84. The van der Waals surface area contributed by atoms with Gasteiger partial charge < -0.3 is 0 Å². The largest absolute Gasteiger partial charge is 0.197 e. The van der Waals surface area contributed by atoms with Gasteiger partial charge in [-0.15, -0.1) is 0 Å². The molecule has 60 valence electrons. The zero-order valence-corrected chi connectivity index (χ0v) is 7.12. The third kappa shape index (κ3) is 1.73. The van der Waals surface area contributed by atoms with Gasteiger partial charge in [-0.2, -0.15) is 5.26 Å². The van der Waals surface area contributed by atoms with E-state index in [1.54, 1.807) is 0 Å². The van der Waals surface area contributed by atoms with Crippen LogP contribution in [-0.2, 0) is 0 Å². The number of hydrogen-bond donors (Lipinski definition) is 0. The van der Waals surface area contributed by atoms with Crippen LogP contribution in [0.5, 0.6) is 0 Å². The molecule has 0 aliphatic carbocycles. The summed E-state index contributed by atoms with van der Waals surface area (Å²) in [5.41, 5.74) is 1.91. The summed E-state index contributed by atoms with van der Waals surface area (Å²) in [6.45, 7) is 5.66. The lowest BCUT2D eigenvalue weighted by Crippen LogP contribution is -1.95. The normalized spacial score (nSPS) is 11.7. The highest BCUT2D eigenvalue weighted by Crippen LogP contribution is 2.20. The number of allylic oxidation sites excluding steroid dienone is 1. The van der Waals surface area contributed by atoms with Gasteiger partial charge in [-0.05, 0) is 12.5 Å². The first-order valence-electron chi connectivity index (χ1n) is 3.85. The zero-order chi connectivity index (χ0) is 8.97. The lowest BCUT2D eigenvalue weighted by atomic mass is 9.95. The van der Waals surface area contributed by atoms with Gasteiger partial charge in [0.2, 0.25) is 0 Å². The van der Waals surface area contributed by atoms with E-state index >= 15 is 0 Å². The van der Waals surface area contributed by atoms with Crippen LogP contribution >= 0.6 is 0 Å². The van der Waals surface area contributed by atoms with Crippen molar-refractivity contribution in [1.29, 1.82) is 5.26 Å². The van der Waals surface area contributed by atoms with Gasteiger partial charge >= 0.3 is 0 Å². The van der Waals surface area contributed by atoms with Gasteiger partial charge in [-0.25, -0.2) is 0 Å². The minimum Gasteiger partial charge on any atom is -0.197 e. The lowest BCUT2D eigenvalue weighted by Gasteiger charge is -2.07. The Bertz CT molecular complexity index is 306. The molecule has 1 nitrogen and oxygen atoms in total. The molecule has 0 bridgehead atoms. The Morgan fingerprint density at radius 3 is 2.42 bits per heavy atom. The van der Waals surface area contributed by atoms with Gasteiger partial charge in [0.1, 0.15) is 0 Å². The molecule has 0 fully saturated rings. The quantitative estimate of drug-likeness (QED) is 0.605. The monoisotopic (exact) mass is 157 g/mol. The molecular formula is C11H11N. The van der Waals surface area contributed by atoms with Crippen molar-refractivity contribution in [2.24, 2.45) is 0 Å². The van der Waals surface area contributed by atoms with Crippen LogP contribution in [-0.4, -0.2) is 0 Å². The molecule has 0 N–H and O–H groups in total. The lowest BCUT2D eigenvalue weighted by molar-refractivity contribution is 1.01. The zero-order valence-electron chi connectivity index (χ0n) is 7.12. The van der Waals surface area contributed by atoms with Gasteiger partial charge in [0.15, 0.2) is 0 Å². The van der Waals surface area contributed by atoms with Crippen molar-refractivity contribution in [2.75, 3.05) is 0 Å². The van der Waals surface area contributed by atoms with Crippen molar-refractivity contribution in [1.82, 2.24) is 0 Å². The summed E-state index contributed by atoms with van der Waals surface area (Å²) in [7, 11) is 0. The fourth-order valence-electron chi connectivity index (χ4n) is 1.11. The second-order valence-electron chi connectivity index (χ2n) is 2.82. The van der Waals surface area contributed by atoms with E-state index in [0.29, 0.717) is 0 Å². The highest BCUT2D eigenvalue weighted by Gasteiger charge is 2.09. The first kappa shape index (κ1) is 8.55. The van der Waals surface area contributed by atoms with Crippen molar-refractivity contribution < 1.29 is 0 Å². The molecule has 0 aliphatic rings. The fraction of sp³-hybridized carbons (Fsp3) is 0.182. The number of benzene rings is 1. The average molecular weight is 157 g/mol. The average Bonchev–Trinajstić information content (AvgIpc) is 2.07. The van der Waals surface area contributed by atoms with E-state index in [1.165, 1.54) is 0 Å². The molecule has 0 aliphatic heterocycles. The van der Waals surface area contributed by atoms with Gasteiger partial charge in [-0.3, -0.25) is 0 Å². The molecule has 0 spiro atoms. The summed E-state index contributed by atoms with van der Waals surface area (Å²) in [6.07, 6.45) is 0. The molecule has 0 saturated heterocycles. The Hall–Kier alpha value is -1.55. The molecule has 1 atom stereocenters. The molecule has 1 aromatic rings. The smallest absolute Gasteiger partial charge is 0.0917 e. The van der Waals surface area contributed by atoms with Gasteiger partial charge in [-0.1, -0.05) is 42.5 Å². The Balaban J connectivity index is 2.98. The molecular weight excluding hydrogens is 146 g/mol. The van der Waals surface area contributed by atoms with Gasteiger partial charge in [0, 0.05) is 0 Å². The van der Waals surface area contributed by atoms with Crippen LogP contribution in [0.4, 0.5) is 0 Å². The van der Waals surface area contributed by atoms with Crippen LogP contribution in [0.15, 0.2) is 42.5 Å². The summed E-state index contributed by atoms with van der Waals surface area (Å²) in [6, 6.07) is 11.9. The van der Waals surface area contributed by atoms with Crippen LogP contribution in [0.3, 0.4) is 0 Å². The van der Waals surface area contributed by atoms with Crippen LogP contribution in [0.25, 0.3) is 0 Å². The van der Waals surface area contributed by atoms with Crippen molar-refractivity contribution in [3.63, 3.8) is 0 Å². The molecule has 12 heavy (non-hydrogen) atoms. The topological polar surface area (TPSA) is 23.8 Å². The number of nitrogens with zero attached hydrogens (tertiary/aromatic N) is 1. The Labute approximate surface area is 73.0 Å². The minimum absolute atomic E-state index is 0.161. The summed E-state index contributed by atoms with van der Waals surface area (Å²) < 4.78 is 0. The second kappa shape index (κ2) is 3.73. The summed E-state index contributed by atoms with van der Waals surface area (Å²) in [4.78, 5) is 0. The van der Waals surface area contributed by atoms with Crippen molar-refractivity contribution in [3.8, 4) is 6.07 Å². The van der Waals surface area contributed by atoms with Crippen LogP contribution < -0.4 is 0 Å². The predicted octanol–water partition coefficient (Wildman–Crippen LogP) is 2.87. The second-order valence-corrected chi connectivity index (χ2v) is 2.82. The molecule has 1 heteroatoms. The molecule has 1 unspecified atom stereocenters. The molecule has 1 rings (SSSR count). The third-order valence-corrected chi connectivity index (χ3v) is 1.75. The standard InChI is InChI=1S/C11H11N/c1-9(2)11(8-12)10-6-4-3-5-7-10/h3-7,11H,1H2,2H3. The van der Waals surface area contributed by atoms with Crippen molar-refractivity contribution in [3.05, 3.63) is 48.0 Å². The highest BCUT2D eigenvalue weighted by atomic mass is 14.3. The fourth-order valence-corrected chi connectivity index (χ4v) is 1.11. The number of nitriles is 1. The first-order valence-corrected chi connectivity index (χ1v) is 3.85. The Kier molecular flexibility index (Phi) is 2.66. The minimum atomic E-state index is -0.161. The third-order valence-electron chi connectivity index (χ3n) is 1.75. The molecule has 0 amide bonds. The maximum absolute atomic E-state index is 8.84. The number of rotatable bonds is 2. The SMILES string of the molecule is C=C(C)C(C#N)c1ccccc1. The highest BCUT2D eigenvalue weighted by molar-refractivity contribution is 5.32. The van der Waals surface area contributed by atoms with E-state index in [0.717, 1.165) is 11.1 Å².